The average molecular weight is 491 g/mol. The molecule has 35 heavy (non-hydrogen) atoms. The molecule has 0 aliphatic carbocycles. The first-order chi connectivity index (χ1) is 16.8. The van der Waals surface area contributed by atoms with Crippen LogP contribution in [-0.4, -0.2) is 49.7 Å². The van der Waals surface area contributed by atoms with Crippen molar-refractivity contribution < 1.29 is 9.47 Å². The van der Waals surface area contributed by atoms with Crippen LogP contribution in [0.3, 0.4) is 0 Å². The number of nitrogen functional groups attached to an aromatic ring is 1. The number of nitrogens with zero attached hydrogens (tertiary/aromatic N) is 5. The Morgan fingerprint density at radius 1 is 0.943 bits per heavy atom. The van der Waals surface area contributed by atoms with Gasteiger partial charge in [-0.15, -0.1) is 0 Å². The topological polar surface area (TPSA) is 91.3 Å². The molecule has 8 nitrogen and oxygen atoms in total. The minimum Gasteiger partial charge on any atom is -0.497 e. The van der Waals surface area contributed by atoms with Crippen molar-refractivity contribution in [3.05, 3.63) is 54.9 Å². The summed E-state index contributed by atoms with van der Waals surface area (Å²) in [5.41, 5.74) is 8.81. The van der Waals surface area contributed by atoms with E-state index in [1.165, 1.54) is 6.33 Å². The molecule has 0 radical (unpaired) electrons. The number of ether oxygens (including phenoxy) is 2. The molecule has 4 aromatic rings. The van der Waals surface area contributed by atoms with Gasteiger partial charge in [0.15, 0.2) is 5.65 Å². The van der Waals surface area contributed by atoms with Crippen LogP contribution in [0.25, 0.3) is 22.3 Å². The standard InChI is InChI=1S/C26H30N6O2S/c1-26(2,35)31-14-12-18(13-15-31)32-25-22(24(27)28-16-29-25)23(30-32)17-4-6-20(7-5-17)34-21-10-8-19(33-3)9-11-21/h4-11,16,18,35H,12-15H2,1-3H3,(H2,27,28,29). The van der Waals surface area contributed by atoms with Crippen molar-refractivity contribution in [1.29, 1.82) is 0 Å². The molecule has 1 fully saturated rings. The smallest absolute Gasteiger partial charge is 0.164 e. The summed E-state index contributed by atoms with van der Waals surface area (Å²) >= 11 is 4.74. The Balaban J connectivity index is 1.42. The van der Waals surface area contributed by atoms with Gasteiger partial charge >= 0.3 is 0 Å². The van der Waals surface area contributed by atoms with Gasteiger partial charge in [-0.2, -0.15) is 17.7 Å². The lowest BCUT2D eigenvalue weighted by atomic mass is 10.0. The van der Waals surface area contributed by atoms with Crippen LogP contribution in [-0.2, 0) is 0 Å². The molecule has 9 heteroatoms. The van der Waals surface area contributed by atoms with Gasteiger partial charge in [-0.1, -0.05) is 0 Å². The van der Waals surface area contributed by atoms with E-state index in [-0.39, 0.29) is 10.9 Å². The van der Waals surface area contributed by atoms with Crippen LogP contribution in [0.2, 0.25) is 0 Å². The largest absolute Gasteiger partial charge is 0.497 e. The molecule has 1 aliphatic rings. The molecule has 0 saturated carbocycles. The summed E-state index contributed by atoms with van der Waals surface area (Å²) in [5, 5.41) is 5.79. The van der Waals surface area contributed by atoms with Crippen LogP contribution in [0.4, 0.5) is 5.82 Å². The van der Waals surface area contributed by atoms with Gasteiger partial charge in [-0.25, -0.2) is 14.6 Å². The molecule has 0 amide bonds. The summed E-state index contributed by atoms with van der Waals surface area (Å²) in [6, 6.07) is 15.6. The third kappa shape index (κ3) is 4.78. The van der Waals surface area contributed by atoms with Crippen LogP contribution in [0.5, 0.6) is 17.2 Å². The summed E-state index contributed by atoms with van der Waals surface area (Å²) in [6.07, 6.45) is 3.45. The van der Waals surface area contributed by atoms with E-state index in [0.717, 1.165) is 65.5 Å². The Labute approximate surface area is 210 Å². The number of hydrogen-bond acceptors (Lipinski definition) is 8. The van der Waals surface area contributed by atoms with E-state index in [2.05, 4.69) is 28.7 Å². The van der Waals surface area contributed by atoms with Crippen LogP contribution >= 0.6 is 12.6 Å². The van der Waals surface area contributed by atoms with Gasteiger partial charge in [0.05, 0.1) is 23.4 Å². The third-order valence-corrected chi connectivity index (χ3v) is 6.81. The zero-order valence-corrected chi connectivity index (χ0v) is 21.1. The number of fused-ring (bicyclic) bond motifs is 1. The van der Waals surface area contributed by atoms with Crippen molar-refractivity contribution in [1.82, 2.24) is 24.6 Å². The summed E-state index contributed by atoms with van der Waals surface area (Å²) < 4.78 is 13.2. The summed E-state index contributed by atoms with van der Waals surface area (Å²) in [4.78, 5) is 11.1. The Hall–Kier alpha value is -3.30. The van der Waals surface area contributed by atoms with E-state index in [1.54, 1.807) is 7.11 Å². The molecular weight excluding hydrogens is 460 g/mol. The molecule has 2 aromatic carbocycles. The van der Waals surface area contributed by atoms with Crippen LogP contribution < -0.4 is 15.2 Å². The number of nitrogens with two attached hydrogens (primary N) is 1. The highest BCUT2D eigenvalue weighted by Gasteiger charge is 2.30. The zero-order valence-electron chi connectivity index (χ0n) is 20.2. The summed E-state index contributed by atoms with van der Waals surface area (Å²) in [7, 11) is 1.64. The number of rotatable bonds is 6. The van der Waals surface area contributed by atoms with Crippen molar-refractivity contribution in [2.45, 2.75) is 37.6 Å². The minimum absolute atomic E-state index is 0.134. The van der Waals surface area contributed by atoms with E-state index in [0.29, 0.717) is 5.82 Å². The highest BCUT2D eigenvalue weighted by molar-refractivity contribution is 7.81. The second kappa shape index (κ2) is 9.39. The van der Waals surface area contributed by atoms with Crippen LogP contribution in [0, 0.1) is 0 Å². The number of likely N-dealkylation sites (tertiary alicyclic amines) is 1. The maximum Gasteiger partial charge on any atom is 0.164 e. The Morgan fingerprint density at radius 3 is 2.14 bits per heavy atom. The van der Waals surface area contributed by atoms with Gasteiger partial charge in [0.25, 0.3) is 0 Å². The van der Waals surface area contributed by atoms with Crippen molar-refractivity contribution in [2.24, 2.45) is 0 Å². The molecule has 0 bridgehead atoms. The maximum atomic E-state index is 6.31. The Kier molecular flexibility index (Phi) is 6.29. The predicted octanol–water partition coefficient (Wildman–Crippen LogP) is 5.18. The van der Waals surface area contributed by atoms with Gasteiger partial charge in [0, 0.05) is 18.7 Å². The third-order valence-electron chi connectivity index (χ3n) is 6.53. The van der Waals surface area contributed by atoms with E-state index in [1.807, 2.05) is 53.2 Å². The fourth-order valence-corrected chi connectivity index (χ4v) is 4.77. The summed E-state index contributed by atoms with van der Waals surface area (Å²) in [6.45, 7) is 6.17. The fraction of sp³-hybridized carbons (Fsp3) is 0.346. The van der Waals surface area contributed by atoms with E-state index >= 15 is 0 Å². The molecule has 182 valence electrons. The van der Waals surface area contributed by atoms with Crippen LogP contribution in [0.1, 0.15) is 32.7 Å². The SMILES string of the molecule is COc1ccc(Oc2ccc(-c3nn(C4CCN(C(C)(C)S)CC4)c4ncnc(N)c34)cc2)cc1. The lowest BCUT2D eigenvalue weighted by Gasteiger charge is -2.40. The molecule has 1 saturated heterocycles. The van der Waals surface area contributed by atoms with Gasteiger partial charge in [0.2, 0.25) is 0 Å². The monoisotopic (exact) mass is 490 g/mol. The molecule has 0 unspecified atom stereocenters. The molecule has 2 aromatic heterocycles. The highest BCUT2D eigenvalue weighted by atomic mass is 32.1. The lowest BCUT2D eigenvalue weighted by molar-refractivity contribution is 0.132. The highest BCUT2D eigenvalue weighted by Crippen LogP contribution is 2.36. The van der Waals surface area contributed by atoms with E-state index in [4.69, 9.17) is 32.9 Å². The van der Waals surface area contributed by atoms with E-state index < -0.39 is 0 Å². The van der Waals surface area contributed by atoms with Crippen molar-refractivity contribution in [2.75, 3.05) is 25.9 Å². The first kappa shape index (κ1) is 23.4. The Bertz CT molecular complexity index is 1310. The quantitative estimate of drug-likeness (QED) is 0.360. The number of hydrogen-bond donors (Lipinski definition) is 2. The normalized spacial score (nSPS) is 15.4. The molecular formula is C26H30N6O2S. The molecule has 3 heterocycles. The van der Waals surface area contributed by atoms with E-state index in [9.17, 15) is 0 Å². The molecule has 1 aliphatic heterocycles. The number of anilines is 1. The summed E-state index contributed by atoms with van der Waals surface area (Å²) in [5.74, 6) is 2.69. The van der Waals surface area contributed by atoms with Gasteiger partial charge in [0.1, 0.15) is 35.1 Å². The predicted molar refractivity (Wildman–Crippen MR) is 141 cm³/mol. The van der Waals surface area contributed by atoms with Crippen molar-refractivity contribution >= 4 is 29.5 Å². The molecule has 5 rings (SSSR count). The fourth-order valence-electron chi connectivity index (χ4n) is 4.57. The first-order valence-electron chi connectivity index (χ1n) is 11.7. The average Bonchev–Trinajstić information content (AvgIpc) is 3.26. The number of thiol groups is 1. The number of piperidine rings is 1. The zero-order chi connectivity index (χ0) is 24.6. The maximum absolute atomic E-state index is 6.31. The minimum atomic E-state index is -0.134. The number of aromatic nitrogens is 4. The van der Waals surface area contributed by atoms with Gasteiger partial charge in [-0.05, 0) is 75.2 Å². The number of benzene rings is 2. The number of methoxy groups -OCH3 is 1. The molecule has 0 atom stereocenters. The van der Waals surface area contributed by atoms with Crippen molar-refractivity contribution in [3.8, 4) is 28.5 Å². The first-order valence-corrected chi connectivity index (χ1v) is 12.2. The Morgan fingerprint density at radius 2 is 1.54 bits per heavy atom. The molecule has 0 spiro atoms. The lowest BCUT2D eigenvalue weighted by Crippen LogP contribution is -2.45. The molecule has 2 N–H and O–H groups in total. The van der Waals surface area contributed by atoms with Gasteiger partial charge < -0.3 is 15.2 Å². The second-order valence-electron chi connectivity index (χ2n) is 9.27. The van der Waals surface area contributed by atoms with Gasteiger partial charge in [-0.3, -0.25) is 4.90 Å². The van der Waals surface area contributed by atoms with Crippen molar-refractivity contribution in [3.63, 3.8) is 0 Å². The second-order valence-corrected chi connectivity index (χ2v) is 10.4. The van der Waals surface area contributed by atoms with Crippen LogP contribution in [0.15, 0.2) is 54.9 Å².